The standard InChI is InChI=1S/C14H29NO/c1-3-5-9-15-10-11-16-14-8-6-7-13(4-2)12-14/h13-15H,3-12H2,1-2H3. The molecular formula is C14H29NO. The van der Waals surface area contributed by atoms with Crippen LogP contribution in [0.1, 0.15) is 58.8 Å². The van der Waals surface area contributed by atoms with E-state index in [0.29, 0.717) is 6.10 Å². The Morgan fingerprint density at radius 3 is 2.81 bits per heavy atom. The maximum absolute atomic E-state index is 5.93. The maximum atomic E-state index is 5.93. The van der Waals surface area contributed by atoms with E-state index in [0.717, 1.165) is 25.6 Å². The Kier molecular flexibility index (Phi) is 7.87. The van der Waals surface area contributed by atoms with E-state index in [1.54, 1.807) is 0 Å². The molecule has 0 amide bonds. The van der Waals surface area contributed by atoms with E-state index in [1.807, 2.05) is 0 Å². The van der Waals surface area contributed by atoms with Gasteiger partial charge in [0.05, 0.1) is 12.7 Å². The van der Waals surface area contributed by atoms with Gasteiger partial charge in [-0.05, 0) is 31.7 Å². The van der Waals surface area contributed by atoms with E-state index < -0.39 is 0 Å². The number of hydrogen-bond acceptors (Lipinski definition) is 2. The third kappa shape index (κ3) is 5.86. The van der Waals surface area contributed by atoms with Crippen molar-refractivity contribution in [1.82, 2.24) is 5.32 Å². The van der Waals surface area contributed by atoms with Crippen LogP contribution in [0.3, 0.4) is 0 Å². The van der Waals surface area contributed by atoms with Crippen LogP contribution >= 0.6 is 0 Å². The van der Waals surface area contributed by atoms with Crippen LogP contribution in [0.5, 0.6) is 0 Å². The van der Waals surface area contributed by atoms with Gasteiger partial charge in [0.1, 0.15) is 0 Å². The molecule has 2 atom stereocenters. The summed E-state index contributed by atoms with van der Waals surface area (Å²) in [5.74, 6) is 0.923. The number of rotatable bonds is 8. The number of hydrogen-bond donors (Lipinski definition) is 1. The van der Waals surface area contributed by atoms with Gasteiger partial charge < -0.3 is 10.1 Å². The van der Waals surface area contributed by atoms with Crippen LogP contribution in [-0.2, 0) is 4.74 Å². The highest BCUT2D eigenvalue weighted by atomic mass is 16.5. The van der Waals surface area contributed by atoms with Gasteiger partial charge in [0, 0.05) is 6.54 Å². The fourth-order valence-electron chi connectivity index (χ4n) is 2.49. The second-order valence-electron chi connectivity index (χ2n) is 5.04. The summed E-state index contributed by atoms with van der Waals surface area (Å²) >= 11 is 0. The molecule has 0 aromatic carbocycles. The minimum absolute atomic E-state index is 0.548. The molecule has 1 aliphatic carbocycles. The molecule has 2 heteroatoms. The molecule has 0 bridgehead atoms. The zero-order valence-electron chi connectivity index (χ0n) is 11.1. The van der Waals surface area contributed by atoms with E-state index in [4.69, 9.17) is 4.74 Å². The van der Waals surface area contributed by atoms with Crippen molar-refractivity contribution in [2.45, 2.75) is 64.9 Å². The quantitative estimate of drug-likeness (QED) is 0.642. The molecule has 0 aromatic rings. The fraction of sp³-hybridized carbons (Fsp3) is 1.00. The lowest BCUT2D eigenvalue weighted by Gasteiger charge is -2.28. The fourth-order valence-corrected chi connectivity index (χ4v) is 2.49. The molecule has 1 fully saturated rings. The van der Waals surface area contributed by atoms with E-state index in [2.05, 4.69) is 19.2 Å². The van der Waals surface area contributed by atoms with Crippen LogP contribution < -0.4 is 5.32 Å². The molecule has 1 N–H and O–H groups in total. The highest BCUT2D eigenvalue weighted by Crippen LogP contribution is 2.28. The lowest BCUT2D eigenvalue weighted by atomic mass is 9.85. The molecule has 0 radical (unpaired) electrons. The van der Waals surface area contributed by atoms with Crippen molar-refractivity contribution < 1.29 is 4.74 Å². The SMILES string of the molecule is CCCCNCCOC1CCCC(CC)C1. The van der Waals surface area contributed by atoms with E-state index in [1.165, 1.54) is 44.9 Å². The second-order valence-corrected chi connectivity index (χ2v) is 5.04. The Labute approximate surface area is 101 Å². The first kappa shape index (κ1) is 14.0. The second kappa shape index (κ2) is 9.00. The Morgan fingerprint density at radius 1 is 1.19 bits per heavy atom. The summed E-state index contributed by atoms with van der Waals surface area (Å²) in [6.07, 6.45) is 9.80. The van der Waals surface area contributed by atoms with Crippen LogP contribution in [0.25, 0.3) is 0 Å². The van der Waals surface area contributed by atoms with Gasteiger partial charge in [0.25, 0.3) is 0 Å². The smallest absolute Gasteiger partial charge is 0.0594 e. The monoisotopic (exact) mass is 227 g/mol. The largest absolute Gasteiger partial charge is 0.377 e. The van der Waals surface area contributed by atoms with Crippen molar-refractivity contribution in [3.05, 3.63) is 0 Å². The topological polar surface area (TPSA) is 21.3 Å². The maximum Gasteiger partial charge on any atom is 0.0594 e. The Bertz CT molecular complexity index is 161. The lowest BCUT2D eigenvalue weighted by molar-refractivity contribution is 0.0143. The predicted octanol–water partition coefficient (Wildman–Crippen LogP) is 3.36. The molecule has 0 spiro atoms. The third-order valence-corrected chi connectivity index (χ3v) is 3.65. The van der Waals surface area contributed by atoms with Gasteiger partial charge >= 0.3 is 0 Å². The van der Waals surface area contributed by atoms with Crippen LogP contribution in [0.15, 0.2) is 0 Å². The summed E-state index contributed by atoms with van der Waals surface area (Å²) in [5.41, 5.74) is 0. The summed E-state index contributed by atoms with van der Waals surface area (Å²) in [4.78, 5) is 0. The number of unbranched alkanes of at least 4 members (excludes halogenated alkanes) is 1. The highest BCUT2D eigenvalue weighted by Gasteiger charge is 2.20. The van der Waals surface area contributed by atoms with Gasteiger partial charge in [-0.1, -0.05) is 39.5 Å². The predicted molar refractivity (Wildman–Crippen MR) is 69.8 cm³/mol. The molecule has 0 aliphatic heterocycles. The first-order valence-corrected chi connectivity index (χ1v) is 7.19. The molecule has 96 valence electrons. The van der Waals surface area contributed by atoms with Gasteiger partial charge in [0.2, 0.25) is 0 Å². The summed E-state index contributed by atoms with van der Waals surface area (Å²) < 4.78 is 5.93. The molecule has 2 unspecified atom stereocenters. The summed E-state index contributed by atoms with van der Waals surface area (Å²) in [6, 6.07) is 0. The average Bonchev–Trinajstić information content (AvgIpc) is 2.34. The van der Waals surface area contributed by atoms with Crippen molar-refractivity contribution in [2.75, 3.05) is 19.7 Å². The zero-order valence-corrected chi connectivity index (χ0v) is 11.1. The molecule has 1 saturated carbocycles. The van der Waals surface area contributed by atoms with Gasteiger partial charge in [-0.25, -0.2) is 0 Å². The highest BCUT2D eigenvalue weighted by molar-refractivity contribution is 4.72. The van der Waals surface area contributed by atoms with E-state index in [9.17, 15) is 0 Å². The van der Waals surface area contributed by atoms with E-state index >= 15 is 0 Å². The van der Waals surface area contributed by atoms with Crippen LogP contribution in [-0.4, -0.2) is 25.8 Å². The Balaban J connectivity index is 1.95. The van der Waals surface area contributed by atoms with Gasteiger partial charge in [0.15, 0.2) is 0 Å². The first-order chi connectivity index (χ1) is 7.86. The Hall–Kier alpha value is -0.0800. The van der Waals surface area contributed by atoms with E-state index in [-0.39, 0.29) is 0 Å². The lowest BCUT2D eigenvalue weighted by Crippen LogP contribution is -2.27. The zero-order chi connectivity index (χ0) is 11.6. The molecule has 0 aromatic heterocycles. The molecule has 2 nitrogen and oxygen atoms in total. The summed E-state index contributed by atoms with van der Waals surface area (Å²) in [6.45, 7) is 7.59. The van der Waals surface area contributed by atoms with Crippen LogP contribution in [0.4, 0.5) is 0 Å². The van der Waals surface area contributed by atoms with Gasteiger partial charge in [-0.2, -0.15) is 0 Å². The normalized spacial score (nSPS) is 25.9. The first-order valence-electron chi connectivity index (χ1n) is 7.19. The van der Waals surface area contributed by atoms with Crippen molar-refractivity contribution in [2.24, 2.45) is 5.92 Å². The Morgan fingerprint density at radius 2 is 2.06 bits per heavy atom. The molecule has 1 rings (SSSR count). The van der Waals surface area contributed by atoms with Gasteiger partial charge in [-0.15, -0.1) is 0 Å². The summed E-state index contributed by atoms with van der Waals surface area (Å²) in [5, 5.41) is 3.43. The van der Waals surface area contributed by atoms with Crippen LogP contribution in [0.2, 0.25) is 0 Å². The third-order valence-electron chi connectivity index (χ3n) is 3.65. The van der Waals surface area contributed by atoms with Crippen LogP contribution in [0, 0.1) is 5.92 Å². The molecule has 1 aliphatic rings. The molecule has 0 heterocycles. The number of ether oxygens (including phenoxy) is 1. The average molecular weight is 227 g/mol. The van der Waals surface area contributed by atoms with Gasteiger partial charge in [-0.3, -0.25) is 0 Å². The molecule has 16 heavy (non-hydrogen) atoms. The summed E-state index contributed by atoms with van der Waals surface area (Å²) in [7, 11) is 0. The molecular weight excluding hydrogens is 198 g/mol. The van der Waals surface area contributed by atoms with Crippen molar-refractivity contribution in [3.63, 3.8) is 0 Å². The minimum atomic E-state index is 0.548. The van der Waals surface area contributed by atoms with Crippen molar-refractivity contribution in [3.8, 4) is 0 Å². The van der Waals surface area contributed by atoms with Crippen molar-refractivity contribution >= 4 is 0 Å². The van der Waals surface area contributed by atoms with Crippen molar-refractivity contribution in [1.29, 1.82) is 0 Å². The number of nitrogens with one attached hydrogen (secondary N) is 1. The minimum Gasteiger partial charge on any atom is -0.377 e. The molecule has 0 saturated heterocycles.